The van der Waals surface area contributed by atoms with Crippen molar-refractivity contribution in [2.24, 2.45) is 0 Å². The molecule has 0 bridgehead atoms. The number of carbonyl (C=O) groups is 1. The maximum absolute atomic E-state index is 12.5. The van der Waals surface area contributed by atoms with E-state index in [2.05, 4.69) is 33.0 Å². The SMILES string of the molecule is Cc1cc(C)n(-c2ccccc2NC(=O)c2cccc(I)c2)n1. The minimum absolute atomic E-state index is 0.127. The Kier molecular flexibility index (Phi) is 4.47. The Bertz CT molecular complexity index is 870. The van der Waals surface area contributed by atoms with Crippen LogP contribution in [0.5, 0.6) is 0 Å². The summed E-state index contributed by atoms with van der Waals surface area (Å²) in [6, 6.07) is 17.2. The van der Waals surface area contributed by atoms with Gasteiger partial charge in [-0.3, -0.25) is 4.79 Å². The first kappa shape index (κ1) is 15.7. The van der Waals surface area contributed by atoms with Crippen LogP contribution >= 0.6 is 22.6 Å². The second-order valence-electron chi connectivity index (χ2n) is 5.32. The van der Waals surface area contributed by atoms with Crippen LogP contribution in [-0.4, -0.2) is 15.7 Å². The molecule has 3 rings (SSSR count). The van der Waals surface area contributed by atoms with Crippen molar-refractivity contribution in [1.82, 2.24) is 9.78 Å². The minimum Gasteiger partial charge on any atom is -0.320 e. The fourth-order valence-electron chi connectivity index (χ4n) is 2.46. The molecule has 1 heterocycles. The van der Waals surface area contributed by atoms with Crippen molar-refractivity contribution >= 4 is 34.2 Å². The molecule has 0 spiro atoms. The number of rotatable bonds is 3. The molecule has 0 aliphatic rings. The van der Waals surface area contributed by atoms with Crippen molar-refractivity contribution in [1.29, 1.82) is 0 Å². The maximum atomic E-state index is 12.5. The molecule has 0 saturated heterocycles. The van der Waals surface area contributed by atoms with Crippen LogP contribution in [0.15, 0.2) is 54.6 Å². The number of benzene rings is 2. The zero-order valence-electron chi connectivity index (χ0n) is 12.9. The smallest absolute Gasteiger partial charge is 0.255 e. The van der Waals surface area contributed by atoms with Crippen LogP contribution in [0, 0.1) is 17.4 Å². The molecule has 1 aromatic heterocycles. The summed E-state index contributed by atoms with van der Waals surface area (Å²) >= 11 is 2.20. The standard InChI is InChI=1S/C18H16IN3O/c1-12-10-13(2)22(21-12)17-9-4-3-8-16(17)20-18(23)14-6-5-7-15(19)11-14/h3-11H,1-2H3,(H,20,23). The fraction of sp³-hybridized carbons (Fsp3) is 0.111. The summed E-state index contributed by atoms with van der Waals surface area (Å²) in [5, 5.41) is 7.49. The Balaban J connectivity index is 1.95. The van der Waals surface area contributed by atoms with E-state index in [4.69, 9.17) is 0 Å². The first-order valence-electron chi connectivity index (χ1n) is 7.24. The number of carbonyl (C=O) groups excluding carboxylic acids is 1. The van der Waals surface area contributed by atoms with Crippen LogP contribution < -0.4 is 5.32 Å². The molecule has 0 unspecified atom stereocenters. The van der Waals surface area contributed by atoms with Gasteiger partial charge in [-0.25, -0.2) is 4.68 Å². The molecule has 0 atom stereocenters. The molecule has 1 N–H and O–H groups in total. The number of halogens is 1. The number of nitrogens with one attached hydrogen (secondary N) is 1. The number of aromatic nitrogens is 2. The molecule has 4 nitrogen and oxygen atoms in total. The molecule has 116 valence electrons. The van der Waals surface area contributed by atoms with E-state index >= 15 is 0 Å². The van der Waals surface area contributed by atoms with E-state index in [9.17, 15) is 4.79 Å². The van der Waals surface area contributed by atoms with Crippen LogP contribution in [0.4, 0.5) is 5.69 Å². The summed E-state index contributed by atoms with van der Waals surface area (Å²) in [4.78, 5) is 12.5. The molecular weight excluding hydrogens is 401 g/mol. The molecule has 2 aromatic carbocycles. The molecule has 1 amide bonds. The summed E-state index contributed by atoms with van der Waals surface area (Å²) in [6.45, 7) is 3.95. The summed E-state index contributed by atoms with van der Waals surface area (Å²) in [5.41, 5.74) is 4.21. The predicted molar refractivity (Wildman–Crippen MR) is 100 cm³/mol. The highest BCUT2D eigenvalue weighted by atomic mass is 127. The highest BCUT2D eigenvalue weighted by molar-refractivity contribution is 14.1. The number of hydrogen-bond acceptors (Lipinski definition) is 2. The lowest BCUT2D eigenvalue weighted by molar-refractivity contribution is 0.102. The Morgan fingerprint density at radius 2 is 1.87 bits per heavy atom. The van der Waals surface area contributed by atoms with Gasteiger partial charge in [-0.15, -0.1) is 0 Å². The van der Waals surface area contributed by atoms with Crippen LogP contribution in [0.25, 0.3) is 5.69 Å². The molecule has 5 heteroatoms. The molecular formula is C18H16IN3O. The number of aryl methyl sites for hydroxylation is 2. The maximum Gasteiger partial charge on any atom is 0.255 e. The van der Waals surface area contributed by atoms with Crippen molar-refractivity contribution in [2.75, 3.05) is 5.32 Å². The van der Waals surface area contributed by atoms with Gasteiger partial charge in [0.15, 0.2) is 0 Å². The van der Waals surface area contributed by atoms with Gasteiger partial charge in [0.2, 0.25) is 0 Å². The van der Waals surface area contributed by atoms with E-state index in [1.54, 1.807) is 0 Å². The van der Waals surface area contributed by atoms with E-state index in [1.807, 2.05) is 73.1 Å². The second-order valence-corrected chi connectivity index (χ2v) is 6.57. The van der Waals surface area contributed by atoms with Gasteiger partial charge < -0.3 is 5.32 Å². The van der Waals surface area contributed by atoms with E-state index in [-0.39, 0.29) is 5.91 Å². The van der Waals surface area contributed by atoms with Gasteiger partial charge in [0, 0.05) is 14.8 Å². The third kappa shape index (κ3) is 3.44. The lowest BCUT2D eigenvalue weighted by Crippen LogP contribution is -2.14. The van der Waals surface area contributed by atoms with E-state index in [0.29, 0.717) is 5.56 Å². The highest BCUT2D eigenvalue weighted by Crippen LogP contribution is 2.22. The third-order valence-electron chi connectivity index (χ3n) is 3.48. The van der Waals surface area contributed by atoms with Crippen LogP contribution in [0.1, 0.15) is 21.7 Å². The lowest BCUT2D eigenvalue weighted by Gasteiger charge is -2.12. The van der Waals surface area contributed by atoms with Gasteiger partial charge in [0.25, 0.3) is 5.91 Å². The van der Waals surface area contributed by atoms with Crippen molar-refractivity contribution < 1.29 is 4.79 Å². The van der Waals surface area contributed by atoms with E-state index < -0.39 is 0 Å². The van der Waals surface area contributed by atoms with E-state index in [0.717, 1.165) is 26.3 Å². The van der Waals surface area contributed by atoms with E-state index in [1.165, 1.54) is 0 Å². The zero-order chi connectivity index (χ0) is 16.4. The summed E-state index contributed by atoms with van der Waals surface area (Å²) in [6.07, 6.45) is 0. The van der Waals surface area contributed by atoms with Crippen LogP contribution in [0.3, 0.4) is 0 Å². The number of amides is 1. The zero-order valence-corrected chi connectivity index (χ0v) is 15.0. The van der Waals surface area contributed by atoms with Gasteiger partial charge in [-0.05, 0) is 72.8 Å². The summed E-state index contributed by atoms with van der Waals surface area (Å²) < 4.78 is 2.88. The average Bonchev–Trinajstić information content (AvgIpc) is 2.86. The first-order chi connectivity index (χ1) is 11.0. The topological polar surface area (TPSA) is 46.9 Å². The van der Waals surface area contributed by atoms with Crippen molar-refractivity contribution in [3.05, 3.63) is 75.1 Å². The molecule has 3 aromatic rings. The lowest BCUT2D eigenvalue weighted by atomic mass is 10.2. The van der Waals surface area contributed by atoms with Gasteiger partial charge in [0.05, 0.1) is 17.1 Å². The molecule has 0 fully saturated rings. The number of hydrogen-bond donors (Lipinski definition) is 1. The molecule has 23 heavy (non-hydrogen) atoms. The largest absolute Gasteiger partial charge is 0.320 e. The number of nitrogens with zero attached hydrogens (tertiary/aromatic N) is 2. The monoisotopic (exact) mass is 417 g/mol. The summed E-state index contributed by atoms with van der Waals surface area (Å²) in [7, 11) is 0. The molecule has 0 radical (unpaired) electrons. The van der Waals surface area contributed by atoms with Gasteiger partial charge in [0.1, 0.15) is 0 Å². The Hall–Kier alpha value is -2.15. The molecule has 0 aliphatic carbocycles. The second kappa shape index (κ2) is 6.54. The third-order valence-corrected chi connectivity index (χ3v) is 4.15. The van der Waals surface area contributed by atoms with Gasteiger partial charge >= 0.3 is 0 Å². The molecule has 0 aliphatic heterocycles. The van der Waals surface area contributed by atoms with Crippen LogP contribution in [-0.2, 0) is 0 Å². The van der Waals surface area contributed by atoms with Crippen LogP contribution in [0.2, 0.25) is 0 Å². The van der Waals surface area contributed by atoms with Gasteiger partial charge in [-0.1, -0.05) is 18.2 Å². The highest BCUT2D eigenvalue weighted by Gasteiger charge is 2.12. The fourth-order valence-corrected chi connectivity index (χ4v) is 3.00. The quantitative estimate of drug-likeness (QED) is 0.645. The van der Waals surface area contributed by atoms with Crippen molar-refractivity contribution in [2.45, 2.75) is 13.8 Å². The number of anilines is 1. The van der Waals surface area contributed by atoms with Crippen molar-refractivity contribution in [3.63, 3.8) is 0 Å². The summed E-state index contributed by atoms with van der Waals surface area (Å²) in [5.74, 6) is -0.127. The number of para-hydroxylation sites is 2. The van der Waals surface area contributed by atoms with Gasteiger partial charge in [-0.2, -0.15) is 5.10 Å². The Labute approximate surface area is 148 Å². The Morgan fingerprint density at radius 1 is 1.09 bits per heavy atom. The minimum atomic E-state index is -0.127. The Morgan fingerprint density at radius 3 is 2.57 bits per heavy atom. The average molecular weight is 417 g/mol. The normalized spacial score (nSPS) is 10.6. The first-order valence-corrected chi connectivity index (χ1v) is 8.32. The predicted octanol–water partition coefficient (Wildman–Crippen LogP) is 4.35. The molecule has 0 saturated carbocycles. The van der Waals surface area contributed by atoms with Crippen molar-refractivity contribution in [3.8, 4) is 5.69 Å².